The minimum atomic E-state index is 0.182. The first-order chi connectivity index (χ1) is 12.6. The SMILES string of the molecule is CC(C)N(Cc1ccccc1)C(=O)CN1CCN(c2ncccn2)CC1. The summed E-state index contributed by atoms with van der Waals surface area (Å²) >= 11 is 0. The molecule has 1 amide bonds. The Hall–Kier alpha value is -2.47. The van der Waals surface area contributed by atoms with Crippen molar-refractivity contribution < 1.29 is 4.79 Å². The summed E-state index contributed by atoms with van der Waals surface area (Å²) in [5.74, 6) is 0.958. The molecule has 0 spiro atoms. The van der Waals surface area contributed by atoms with Crippen molar-refractivity contribution in [2.75, 3.05) is 37.6 Å². The van der Waals surface area contributed by atoms with Crippen LogP contribution in [0.2, 0.25) is 0 Å². The van der Waals surface area contributed by atoms with Gasteiger partial charge in [0.1, 0.15) is 0 Å². The van der Waals surface area contributed by atoms with Crippen LogP contribution in [-0.4, -0.2) is 64.4 Å². The number of hydrogen-bond acceptors (Lipinski definition) is 5. The molecule has 1 fully saturated rings. The number of carbonyl (C=O) groups excluding carboxylic acids is 1. The van der Waals surface area contributed by atoms with Crippen LogP contribution in [0, 0.1) is 0 Å². The number of benzene rings is 1. The summed E-state index contributed by atoms with van der Waals surface area (Å²) in [6.45, 7) is 8.67. The highest BCUT2D eigenvalue weighted by Crippen LogP contribution is 2.12. The second-order valence-corrected chi connectivity index (χ2v) is 6.91. The van der Waals surface area contributed by atoms with E-state index in [1.807, 2.05) is 29.2 Å². The lowest BCUT2D eigenvalue weighted by Crippen LogP contribution is -2.51. The van der Waals surface area contributed by atoms with Crippen molar-refractivity contribution in [1.82, 2.24) is 19.8 Å². The first-order valence-corrected chi connectivity index (χ1v) is 9.21. The Balaban J connectivity index is 1.53. The van der Waals surface area contributed by atoms with Gasteiger partial charge in [0, 0.05) is 51.2 Å². The number of piperazine rings is 1. The lowest BCUT2D eigenvalue weighted by atomic mass is 10.2. The summed E-state index contributed by atoms with van der Waals surface area (Å²) in [5, 5.41) is 0. The number of amides is 1. The molecule has 1 aromatic carbocycles. The summed E-state index contributed by atoms with van der Waals surface area (Å²) in [6, 6.07) is 12.2. The molecule has 0 radical (unpaired) electrons. The Labute approximate surface area is 155 Å². The van der Waals surface area contributed by atoms with Crippen LogP contribution in [0.15, 0.2) is 48.8 Å². The molecule has 3 rings (SSSR count). The molecule has 0 N–H and O–H groups in total. The molecule has 0 unspecified atom stereocenters. The van der Waals surface area contributed by atoms with Crippen molar-refractivity contribution in [3.8, 4) is 0 Å². The third-order valence-corrected chi connectivity index (χ3v) is 4.71. The van der Waals surface area contributed by atoms with Gasteiger partial charge in [-0.25, -0.2) is 9.97 Å². The van der Waals surface area contributed by atoms with Gasteiger partial charge in [-0.05, 0) is 25.5 Å². The molecule has 1 aliphatic heterocycles. The van der Waals surface area contributed by atoms with Crippen LogP contribution >= 0.6 is 0 Å². The average Bonchev–Trinajstić information content (AvgIpc) is 2.68. The number of rotatable bonds is 6. The van der Waals surface area contributed by atoms with Crippen LogP contribution < -0.4 is 4.90 Å². The molecule has 0 aliphatic carbocycles. The summed E-state index contributed by atoms with van der Waals surface area (Å²) in [6.07, 6.45) is 3.53. The molecular formula is C20H27N5O. The highest BCUT2D eigenvalue weighted by molar-refractivity contribution is 5.78. The van der Waals surface area contributed by atoms with E-state index < -0.39 is 0 Å². The average molecular weight is 353 g/mol. The van der Waals surface area contributed by atoms with Gasteiger partial charge < -0.3 is 9.80 Å². The molecule has 1 aliphatic rings. The fourth-order valence-electron chi connectivity index (χ4n) is 3.18. The highest BCUT2D eigenvalue weighted by atomic mass is 16.2. The maximum atomic E-state index is 12.9. The molecule has 26 heavy (non-hydrogen) atoms. The summed E-state index contributed by atoms with van der Waals surface area (Å²) in [7, 11) is 0. The first-order valence-electron chi connectivity index (χ1n) is 9.21. The summed E-state index contributed by atoms with van der Waals surface area (Å²) < 4.78 is 0. The molecule has 2 heterocycles. The predicted molar refractivity (Wildman–Crippen MR) is 103 cm³/mol. The maximum absolute atomic E-state index is 12.9. The lowest BCUT2D eigenvalue weighted by Gasteiger charge is -2.36. The Morgan fingerprint density at radius 1 is 1.04 bits per heavy atom. The second-order valence-electron chi connectivity index (χ2n) is 6.91. The van der Waals surface area contributed by atoms with E-state index in [9.17, 15) is 4.79 Å². The largest absolute Gasteiger partial charge is 0.338 e. The van der Waals surface area contributed by atoms with Gasteiger partial charge in [-0.3, -0.25) is 9.69 Å². The van der Waals surface area contributed by atoms with E-state index in [0.717, 1.165) is 32.1 Å². The predicted octanol–water partition coefficient (Wildman–Crippen LogP) is 2.04. The molecule has 2 aromatic rings. The fraction of sp³-hybridized carbons (Fsp3) is 0.450. The fourth-order valence-corrected chi connectivity index (χ4v) is 3.18. The topological polar surface area (TPSA) is 52.6 Å². The Morgan fingerprint density at radius 3 is 2.31 bits per heavy atom. The quantitative estimate of drug-likeness (QED) is 0.795. The minimum Gasteiger partial charge on any atom is -0.338 e. The van der Waals surface area contributed by atoms with Crippen molar-refractivity contribution >= 4 is 11.9 Å². The Bertz CT molecular complexity index is 684. The molecule has 6 heteroatoms. The van der Waals surface area contributed by atoms with E-state index in [1.54, 1.807) is 12.4 Å². The first kappa shape index (κ1) is 18.3. The molecule has 0 saturated carbocycles. The van der Waals surface area contributed by atoms with Gasteiger partial charge in [0.05, 0.1) is 6.54 Å². The monoisotopic (exact) mass is 353 g/mol. The number of anilines is 1. The van der Waals surface area contributed by atoms with Gasteiger partial charge in [0.2, 0.25) is 11.9 Å². The van der Waals surface area contributed by atoms with Gasteiger partial charge in [0.25, 0.3) is 0 Å². The zero-order valence-electron chi connectivity index (χ0n) is 15.6. The van der Waals surface area contributed by atoms with Crippen molar-refractivity contribution in [2.45, 2.75) is 26.4 Å². The van der Waals surface area contributed by atoms with Crippen LogP contribution in [0.25, 0.3) is 0 Å². The summed E-state index contributed by atoms with van der Waals surface area (Å²) in [4.78, 5) is 27.8. The Kier molecular flexibility index (Phi) is 6.17. The van der Waals surface area contributed by atoms with Crippen molar-refractivity contribution in [2.24, 2.45) is 0 Å². The number of aromatic nitrogens is 2. The standard InChI is InChI=1S/C20H27N5O/c1-17(2)25(15-18-7-4-3-5-8-18)19(26)16-23-11-13-24(14-12-23)20-21-9-6-10-22-20/h3-10,17H,11-16H2,1-2H3. The molecule has 138 valence electrons. The van der Waals surface area contributed by atoms with Crippen LogP contribution in [-0.2, 0) is 11.3 Å². The maximum Gasteiger partial charge on any atom is 0.237 e. The van der Waals surface area contributed by atoms with E-state index >= 15 is 0 Å². The van der Waals surface area contributed by atoms with Gasteiger partial charge >= 0.3 is 0 Å². The third-order valence-electron chi connectivity index (χ3n) is 4.71. The van der Waals surface area contributed by atoms with E-state index in [1.165, 1.54) is 5.56 Å². The van der Waals surface area contributed by atoms with Crippen LogP contribution in [0.3, 0.4) is 0 Å². The van der Waals surface area contributed by atoms with E-state index in [4.69, 9.17) is 0 Å². The molecule has 6 nitrogen and oxygen atoms in total. The van der Waals surface area contributed by atoms with Crippen molar-refractivity contribution in [1.29, 1.82) is 0 Å². The van der Waals surface area contributed by atoms with Crippen LogP contribution in [0.4, 0.5) is 5.95 Å². The smallest absolute Gasteiger partial charge is 0.237 e. The molecule has 1 saturated heterocycles. The zero-order valence-corrected chi connectivity index (χ0v) is 15.6. The van der Waals surface area contributed by atoms with Gasteiger partial charge in [-0.2, -0.15) is 0 Å². The van der Waals surface area contributed by atoms with E-state index in [-0.39, 0.29) is 11.9 Å². The third kappa shape index (κ3) is 4.79. The van der Waals surface area contributed by atoms with E-state index in [2.05, 4.69) is 45.7 Å². The van der Waals surface area contributed by atoms with E-state index in [0.29, 0.717) is 13.1 Å². The van der Waals surface area contributed by atoms with Crippen LogP contribution in [0.5, 0.6) is 0 Å². The normalized spacial score (nSPS) is 15.3. The van der Waals surface area contributed by atoms with Gasteiger partial charge in [0.15, 0.2) is 0 Å². The number of hydrogen-bond donors (Lipinski definition) is 0. The number of carbonyl (C=O) groups is 1. The number of nitrogens with zero attached hydrogens (tertiary/aromatic N) is 5. The van der Waals surface area contributed by atoms with Gasteiger partial charge in [-0.1, -0.05) is 30.3 Å². The lowest BCUT2D eigenvalue weighted by molar-refractivity contribution is -0.134. The van der Waals surface area contributed by atoms with Crippen molar-refractivity contribution in [3.05, 3.63) is 54.4 Å². The molecular weight excluding hydrogens is 326 g/mol. The van der Waals surface area contributed by atoms with Crippen molar-refractivity contribution in [3.63, 3.8) is 0 Å². The molecule has 0 bridgehead atoms. The van der Waals surface area contributed by atoms with Gasteiger partial charge in [-0.15, -0.1) is 0 Å². The zero-order chi connectivity index (χ0) is 18.4. The highest BCUT2D eigenvalue weighted by Gasteiger charge is 2.24. The second kappa shape index (κ2) is 8.76. The molecule has 0 atom stereocenters. The molecule has 1 aromatic heterocycles. The Morgan fingerprint density at radius 2 is 1.69 bits per heavy atom. The van der Waals surface area contributed by atoms with Crippen LogP contribution in [0.1, 0.15) is 19.4 Å². The minimum absolute atomic E-state index is 0.182. The summed E-state index contributed by atoms with van der Waals surface area (Å²) in [5.41, 5.74) is 1.17.